The third-order valence-corrected chi connectivity index (χ3v) is 2.78. The van der Waals surface area contributed by atoms with Crippen LogP contribution in [0.25, 0.3) is 0 Å². The summed E-state index contributed by atoms with van der Waals surface area (Å²) >= 11 is 0. The summed E-state index contributed by atoms with van der Waals surface area (Å²) in [6.45, 7) is 1.68. The first-order valence-electron chi connectivity index (χ1n) is 5.35. The van der Waals surface area contributed by atoms with Crippen LogP contribution in [0.5, 0.6) is 0 Å². The fraction of sp³-hybridized carbons (Fsp3) is 0.417. The molecule has 0 heterocycles. The Morgan fingerprint density at radius 1 is 1.38 bits per heavy atom. The molecule has 0 saturated heterocycles. The molecule has 1 amide bonds. The van der Waals surface area contributed by atoms with E-state index < -0.39 is 6.04 Å². The molecular weight excluding hydrogens is 224 g/mol. The minimum atomic E-state index is -0.460. The van der Waals surface area contributed by atoms with Crippen molar-refractivity contribution in [2.24, 2.45) is 5.73 Å². The topological polar surface area (TPSA) is 55.1 Å². The van der Waals surface area contributed by atoms with E-state index in [1.165, 1.54) is 17.5 Å². The molecule has 0 aliphatic heterocycles. The van der Waals surface area contributed by atoms with Crippen LogP contribution in [0.2, 0.25) is 0 Å². The van der Waals surface area contributed by atoms with Crippen LogP contribution in [0, 0.1) is 0 Å². The second-order valence-corrected chi connectivity index (χ2v) is 4.11. The minimum Gasteiger partial charge on any atom is -0.325 e. The zero-order valence-corrected chi connectivity index (χ0v) is 10.1. The van der Waals surface area contributed by atoms with Crippen LogP contribution < -0.4 is 11.1 Å². The molecule has 3 N–H and O–H groups in total. The third kappa shape index (κ3) is 2.74. The molecule has 2 rings (SSSR count). The normalized spacial score (nSPS) is 14.9. The fourth-order valence-electron chi connectivity index (χ4n) is 1.91. The molecule has 0 radical (unpaired) electrons. The van der Waals surface area contributed by atoms with Gasteiger partial charge in [-0.25, -0.2) is 0 Å². The number of fused-ring (bicyclic) bond motifs is 1. The number of aryl methyl sites for hydroxylation is 2. The number of carbonyl (C=O) groups is 1. The van der Waals surface area contributed by atoms with Crippen molar-refractivity contribution in [3.63, 3.8) is 0 Å². The first-order valence-corrected chi connectivity index (χ1v) is 5.35. The number of halogens is 1. The van der Waals surface area contributed by atoms with Gasteiger partial charge in [-0.05, 0) is 49.4 Å². The van der Waals surface area contributed by atoms with Crippen LogP contribution in [-0.4, -0.2) is 11.9 Å². The molecule has 1 aromatic rings. The smallest absolute Gasteiger partial charge is 0.240 e. The lowest BCUT2D eigenvalue weighted by atomic mass is 10.1. The van der Waals surface area contributed by atoms with Gasteiger partial charge >= 0.3 is 0 Å². The highest BCUT2D eigenvalue weighted by Crippen LogP contribution is 2.24. The standard InChI is InChI=1S/C12H16N2O.ClH/c1-8(13)12(15)14-11-6-5-9-3-2-4-10(9)7-11;/h5-8H,2-4,13H2,1H3,(H,14,15);1H. The lowest BCUT2D eigenvalue weighted by molar-refractivity contribution is -0.117. The van der Waals surface area contributed by atoms with Gasteiger partial charge in [0.05, 0.1) is 6.04 Å². The van der Waals surface area contributed by atoms with Crippen molar-refractivity contribution in [3.05, 3.63) is 29.3 Å². The van der Waals surface area contributed by atoms with E-state index in [-0.39, 0.29) is 18.3 Å². The third-order valence-electron chi connectivity index (χ3n) is 2.78. The summed E-state index contributed by atoms with van der Waals surface area (Å²) in [4.78, 5) is 11.4. The highest BCUT2D eigenvalue weighted by molar-refractivity contribution is 5.94. The predicted octanol–water partition coefficient (Wildman–Crippen LogP) is 1.88. The summed E-state index contributed by atoms with van der Waals surface area (Å²) in [5.41, 5.74) is 9.11. The molecule has 16 heavy (non-hydrogen) atoms. The molecule has 88 valence electrons. The van der Waals surface area contributed by atoms with Crippen LogP contribution in [0.4, 0.5) is 5.69 Å². The average Bonchev–Trinajstić information content (AvgIpc) is 2.64. The van der Waals surface area contributed by atoms with Gasteiger partial charge in [0.2, 0.25) is 5.91 Å². The molecule has 3 nitrogen and oxygen atoms in total. The van der Waals surface area contributed by atoms with Crippen LogP contribution in [0.1, 0.15) is 24.5 Å². The first kappa shape index (κ1) is 13.0. The van der Waals surface area contributed by atoms with Gasteiger partial charge in [0.15, 0.2) is 0 Å². The predicted molar refractivity (Wildman–Crippen MR) is 68.0 cm³/mol. The van der Waals surface area contributed by atoms with Crippen molar-refractivity contribution < 1.29 is 4.79 Å². The molecule has 1 unspecified atom stereocenters. The highest BCUT2D eigenvalue weighted by atomic mass is 35.5. The number of hydrogen-bond donors (Lipinski definition) is 2. The molecule has 1 atom stereocenters. The Morgan fingerprint density at radius 2 is 2.06 bits per heavy atom. The van der Waals surface area contributed by atoms with Crippen molar-refractivity contribution in [1.29, 1.82) is 0 Å². The van der Waals surface area contributed by atoms with Gasteiger partial charge in [-0.3, -0.25) is 4.79 Å². The van der Waals surface area contributed by atoms with E-state index in [1.807, 2.05) is 6.07 Å². The van der Waals surface area contributed by atoms with Gasteiger partial charge in [-0.1, -0.05) is 6.07 Å². The number of benzene rings is 1. The fourth-order valence-corrected chi connectivity index (χ4v) is 1.91. The maximum absolute atomic E-state index is 11.4. The Morgan fingerprint density at radius 3 is 2.75 bits per heavy atom. The number of nitrogens with two attached hydrogens (primary N) is 1. The Balaban J connectivity index is 0.00000128. The van der Waals surface area contributed by atoms with Gasteiger partial charge in [0, 0.05) is 5.69 Å². The molecule has 0 fully saturated rings. The lowest BCUT2D eigenvalue weighted by Gasteiger charge is -2.09. The lowest BCUT2D eigenvalue weighted by Crippen LogP contribution is -2.32. The molecular formula is C12H17ClN2O. The molecule has 0 spiro atoms. The van der Waals surface area contributed by atoms with Crippen LogP contribution in [0.3, 0.4) is 0 Å². The van der Waals surface area contributed by atoms with Crippen molar-refractivity contribution >= 4 is 24.0 Å². The first-order chi connectivity index (χ1) is 7.16. The number of carbonyl (C=O) groups excluding carboxylic acids is 1. The minimum absolute atomic E-state index is 0. The summed E-state index contributed by atoms with van der Waals surface area (Å²) in [7, 11) is 0. The molecule has 0 aromatic heterocycles. The van der Waals surface area contributed by atoms with E-state index >= 15 is 0 Å². The van der Waals surface area contributed by atoms with Crippen molar-refractivity contribution in [3.8, 4) is 0 Å². The number of nitrogens with one attached hydrogen (secondary N) is 1. The monoisotopic (exact) mass is 240 g/mol. The molecule has 0 bridgehead atoms. The van der Waals surface area contributed by atoms with E-state index in [0.29, 0.717) is 0 Å². The second-order valence-electron chi connectivity index (χ2n) is 4.11. The average molecular weight is 241 g/mol. The quantitative estimate of drug-likeness (QED) is 0.830. The van der Waals surface area contributed by atoms with Gasteiger partial charge in [-0.15, -0.1) is 12.4 Å². The van der Waals surface area contributed by atoms with E-state index in [4.69, 9.17) is 5.73 Å². The summed E-state index contributed by atoms with van der Waals surface area (Å²) in [6, 6.07) is 5.64. The van der Waals surface area contributed by atoms with Crippen molar-refractivity contribution in [2.75, 3.05) is 5.32 Å². The number of amides is 1. The molecule has 1 aliphatic carbocycles. The van der Waals surface area contributed by atoms with E-state index in [2.05, 4.69) is 17.4 Å². The molecule has 1 aliphatic rings. The summed E-state index contributed by atoms with van der Waals surface area (Å²) in [5, 5.41) is 2.81. The van der Waals surface area contributed by atoms with Crippen molar-refractivity contribution in [1.82, 2.24) is 0 Å². The maximum Gasteiger partial charge on any atom is 0.240 e. The van der Waals surface area contributed by atoms with Crippen molar-refractivity contribution in [2.45, 2.75) is 32.2 Å². The summed E-state index contributed by atoms with van der Waals surface area (Å²) in [6.07, 6.45) is 3.51. The maximum atomic E-state index is 11.4. The van der Waals surface area contributed by atoms with Gasteiger partial charge in [0.25, 0.3) is 0 Å². The Bertz CT molecular complexity index is 391. The largest absolute Gasteiger partial charge is 0.325 e. The van der Waals surface area contributed by atoms with E-state index in [9.17, 15) is 4.79 Å². The molecule has 4 heteroatoms. The summed E-state index contributed by atoms with van der Waals surface area (Å²) in [5.74, 6) is -0.132. The second kappa shape index (κ2) is 5.32. The molecule has 1 aromatic carbocycles. The van der Waals surface area contributed by atoms with Gasteiger partial charge < -0.3 is 11.1 Å². The Kier molecular flexibility index (Phi) is 4.33. The number of anilines is 1. The van der Waals surface area contributed by atoms with Gasteiger partial charge in [0.1, 0.15) is 0 Å². The molecule has 0 saturated carbocycles. The zero-order valence-electron chi connectivity index (χ0n) is 9.32. The SMILES string of the molecule is CC(N)C(=O)Nc1ccc2c(c1)CCC2.Cl. The van der Waals surface area contributed by atoms with Gasteiger partial charge in [-0.2, -0.15) is 0 Å². The highest BCUT2D eigenvalue weighted by Gasteiger charge is 2.12. The summed E-state index contributed by atoms with van der Waals surface area (Å²) < 4.78 is 0. The number of rotatable bonds is 2. The van der Waals surface area contributed by atoms with Crippen LogP contribution in [-0.2, 0) is 17.6 Å². The number of hydrogen-bond acceptors (Lipinski definition) is 2. The Hall–Kier alpha value is -1.06. The van der Waals surface area contributed by atoms with E-state index in [0.717, 1.165) is 18.5 Å². The zero-order chi connectivity index (χ0) is 10.8. The van der Waals surface area contributed by atoms with E-state index in [1.54, 1.807) is 6.92 Å². The van der Waals surface area contributed by atoms with Crippen LogP contribution >= 0.6 is 12.4 Å². The van der Waals surface area contributed by atoms with Crippen LogP contribution in [0.15, 0.2) is 18.2 Å². The Labute approximate surface area is 102 Å².